The van der Waals surface area contributed by atoms with E-state index in [1.807, 2.05) is 54.6 Å². The van der Waals surface area contributed by atoms with Gasteiger partial charge in [-0.15, -0.1) is 0 Å². The molecule has 3 aromatic rings. The number of amides is 1. The van der Waals surface area contributed by atoms with Gasteiger partial charge in [0.2, 0.25) is 5.95 Å². The number of nitrogens with zero attached hydrogens (tertiary/aromatic N) is 5. The minimum atomic E-state index is -0.0952. The second-order valence-corrected chi connectivity index (χ2v) is 7.29. The van der Waals surface area contributed by atoms with Gasteiger partial charge in [-0.05, 0) is 60.6 Å². The first-order valence-corrected chi connectivity index (χ1v) is 10.3. The summed E-state index contributed by atoms with van der Waals surface area (Å²) >= 11 is 0. The van der Waals surface area contributed by atoms with E-state index < -0.39 is 0 Å². The summed E-state index contributed by atoms with van der Waals surface area (Å²) in [6, 6.07) is 17.9. The minimum Gasteiger partial charge on any atom is -0.351 e. The molecule has 0 aliphatic carbocycles. The van der Waals surface area contributed by atoms with Crippen LogP contribution in [0.3, 0.4) is 0 Å². The molecule has 1 amide bonds. The third kappa shape index (κ3) is 5.64. The van der Waals surface area contributed by atoms with E-state index >= 15 is 0 Å². The number of aromatic nitrogens is 4. The van der Waals surface area contributed by atoms with E-state index in [0.717, 1.165) is 18.8 Å². The number of hydrogen-bond donors (Lipinski definition) is 2. The predicted molar refractivity (Wildman–Crippen MR) is 118 cm³/mol. The average Bonchev–Trinajstić information content (AvgIpc) is 3.24. The van der Waals surface area contributed by atoms with E-state index in [9.17, 15) is 4.79 Å². The summed E-state index contributed by atoms with van der Waals surface area (Å²) < 4.78 is 1.62. The zero-order chi connectivity index (χ0) is 21.3. The molecule has 0 radical (unpaired) electrons. The Hall–Kier alpha value is -3.26. The third-order valence-electron chi connectivity index (χ3n) is 4.90. The van der Waals surface area contributed by atoms with Crippen LogP contribution >= 0.6 is 0 Å². The fourth-order valence-electron chi connectivity index (χ4n) is 3.15. The molecule has 2 aromatic carbocycles. The van der Waals surface area contributed by atoms with Gasteiger partial charge in [0.25, 0.3) is 5.91 Å². The van der Waals surface area contributed by atoms with Gasteiger partial charge in [0.15, 0.2) is 0 Å². The number of carbonyl (C=O) groups excluding carboxylic acids is 1. The zero-order valence-electron chi connectivity index (χ0n) is 17.7. The molecular weight excluding hydrogens is 378 g/mol. The van der Waals surface area contributed by atoms with Crippen molar-refractivity contribution in [2.75, 3.05) is 25.0 Å². The van der Waals surface area contributed by atoms with Gasteiger partial charge in [0, 0.05) is 31.2 Å². The van der Waals surface area contributed by atoms with Crippen molar-refractivity contribution >= 4 is 11.9 Å². The van der Waals surface area contributed by atoms with Crippen LogP contribution in [-0.4, -0.2) is 56.7 Å². The maximum absolute atomic E-state index is 12.4. The van der Waals surface area contributed by atoms with E-state index in [1.54, 1.807) is 4.68 Å². The Labute approximate surface area is 177 Å². The van der Waals surface area contributed by atoms with E-state index in [2.05, 4.69) is 51.8 Å². The fraction of sp³-hybridized carbons (Fsp3) is 0.364. The quantitative estimate of drug-likeness (QED) is 0.503. The maximum Gasteiger partial charge on any atom is 0.251 e. The van der Waals surface area contributed by atoms with Crippen molar-refractivity contribution in [2.24, 2.45) is 0 Å². The van der Waals surface area contributed by atoms with Crippen LogP contribution in [0.4, 0.5) is 5.95 Å². The van der Waals surface area contributed by atoms with Gasteiger partial charge in [-0.2, -0.15) is 4.68 Å². The lowest BCUT2D eigenvalue weighted by Gasteiger charge is -2.24. The Morgan fingerprint density at radius 3 is 2.47 bits per heavy atom. The minimum absolute atomic E-state index is 0.0952. The van der Waals surface area contributed by atoms with Crippen molar-refractivity contribution in [2.45, 2.75) is 33.4 Å². The molecule has 0 atom stereocenters. The summed E-state index contributed by atoms with van der Waals surface area (Å²) in [4.78, 5) is 14.8. The maximum atomic E-state index is 12.4. The number of para-hydroxylation sites is 1. The summed E-state index contributed by atoms with van der Waals surface area (Å²) in [5.41, 5.74) is 2.73. The van der Waals surface area contributed by atoms with Crippen LogP contribution in [0.2, 0.25) is 0 Å². The number of nitrogens with one attached hydrogen (secondary N) is 2. The largest absolute Gasteiger partial charge is 0.351 e. The highest BCUT2D eigenvalue weighted by molar-refractivity contribution is 5.94. The molecule has 0 saturated carbocycles. The Morgan fingerprint density at radius 2 is 1.80 bits per heavy atom. The second-order valence-electron chi connectivity index (χ2n) is 7.29. The average molecular weight is 408 g/mol. The van der Waals surface area contributed by atoms with Crippen molar-refractivity contribution in [3.05, 3.63) is 65.7 Å². The lowest BCUT2D eigenvalue weighted by Crippen LogP contribution is -2.30. The van der Waals surface area contributed by atoms with Crippen LogP contribution in [0, 0.1) is 0 Å². The fourth-order valence-corrected chi connectivity index (χ4v) is 3.15. The first kappa shape index (κ1) is 21.4. The second kappa shape index (κ2) is 10.5. The van der Waals surface area contributed by atoms with E-state index in [-0.39, 0.29) is 5.91 Å². The van der Waals surface area contributed by atoms with E-state index in [0.29, 0.717) is 30.6 Å². The number of rotatable bonds is 10. The van der Waals surface area contributed by atoms with Crippen LogP contribution in [0.25, 0.3) is 5.69 Å². The van der Waals surface area contributed by atoms with Crippen LogP contribution in [-0.2, 0) is 6.54 Å². The molecule has 8 heteroatoms. The predicted octanol–water partition coefficient (Wildman–Crippen LogP) is 2.73. The molecule has 1 heterocycles. The number of hydrogen-bond acceptors (Lipinski definition) is 6. The smallest absolute Gasteiger partial charge is 0.251 e. The van der Waals surface area contributed by atoms with Crippen molar-refractivity contribution in [1.29, 1.82) is 0 Å². The molecular formula is C22H29N7O. The van der Waals surface area contributed by atoms with Gasteiger partial charge in [-0.1, -0.05) is 42.4 Å². The SMILES string of the molecule is CCN(Cc1ccc(C(=O)NCCNc2nnnn2-c2ccccc2)cc1)C(C)C. The number of carbonyl (C=O) groups is 1. The summed E-state index contributed by atoms with van der Waals surface area (Å²) in [5.74, 6) is 0.438. The van der Waals surface area contributed by atoms with Crippen molar-refractivity contribution in [3.63, 3.8) is 0 Å². The molecule has 3 rings (SSSR count). The molecule has 0 unspecified atom stereocenters. The highest BCUT2D eigenvalue weighted by Gasteiger charge is 2.10. The molecule has 0 fully saturated rings. The van der Waals surface area contributed by atoms with Crippen molar-refractivity contribution in [3.8, 4) is 5.69 Å². The Kier molecular flexibility index (Phi) is 7.51. The molecule has 0 aliphatic heterocycles. The molecule has 0 aliphatic rings. The zero-order valence-corrected chi connectivity index (χ0v) is 17.7. The van der Waals surface area contributed by atoms with E-state index in [1.165, 1.54) is 5.56 Å². The monoisotopic (exact) mass is 407 g/mol. The molecule has 0 spiro atoms. The van der Waals surface area contributed by atoms with Gasteiger partial charge >= 0.3 is 0 Å². The molecule has 2 N–H and O–H groups in total. The van der Waals surface area contributed by atoms with Crippen LogP contribution in [0.1, 0.15) is 36.7 Å². The molecule has 30 heavy (non-hydrogen) atoms. The van der Waals surface area contributed by atoms with Crippen LogP contribution in [0.15, 0.2) is 54.6 Å². The first-order valence-electron chi connectivity index (χ1n) is 10.3. The highest BCUT2D eigenvalue weighted by atomic mass is 16.1. The van der Waals surface area contributed by atoms with Gasteiger partial charge in [-0.3, -0.25) is 9.69 Å². The normalized spacial score (nSPS) is 11.1. The molecule has 8 nitrogen and oxygen atoms in total. The molecule has 158 valence electrons. The number of anilines is 1. The highest BCUT2D eigenvalue weighted by Crippen LogP contribution is 2.11. The summed E-state index contributed by atoms with van der Waals surface area (Å²) in [6.07, 6.45) is 0. The summed E-state index contributed by atoms with van der Waals surface area (Å²) in [6.45, 7) is 9.40. The molecule has 1 aromatic heterocycles. The Bertz CT molecular complexity index is 922. The van der Waals surface area contributed by atoms with E-state index in [4.69, 9.17) is 0 Å². The van der Waals surface area contributed by atoms with Crippen molar-refractivity contribution < 1.29 is 4.79 Å². The molecule has 0 bridgehead atoms. The van der Waals surface area contributed by atoms with Crippen molar-refractivity contribution in [1.82, 2.24) is 30.4 Å². The van der Waals surface area contributed by atoms with Gasteiger partial charge < -0.3 is 10.6 Å². The van der Waals surface area contributed by atoms with Gasteiger partial charge in [0.05, 0.1) is 5.69 Å². The first-order chi connectivity index (χ1) is 14.6. The summed E-state index contributed by atoms with van der Waals surface area (Å²) in [7, 11) is 0. The lowest BCUT2D eigenvalue weighted by molar-refractivity contribution is 0.0955. The van der Waals surface area contributed by atoms with Crippen LogP contribution < -0.4 is 10.6 Å². The van der Waals surface area contributed by atoms with Gasteiger partial charge in [0.1, 0.15) is 0 Å². The standard InChI is InChI=1S/C22H29N7O/c1-4-28(17(2)3)16-18-10-12-19(13-11-18)21(30)23-14-15-24-22-25-26-27-29(22)20-8-6-5-7-9-20/h5-13,17H,4,14-16H2,1-3H3,(H,23,30)(H,24,25,27). The number of benzene rings is 2. The Morgan fingerprint density at radius 1 is 1.07 bits per heavy atom. The Balaban J connectivity index is 1.47. The van der Waals surface area contributed by atoms with Crippen LogP contribution in [0.5, 0.6) is 0 Å². The van der Waals surface area contributed by atoms with Gasteiger partial charge in [-0.25, -0.2) is 0 Å². The summed E-state index contributed by atoms with van der Waals surface area (Å²) in [5, 5.41) is 17.8. The number of tetrazole rings is 1. The lowest BCUT2D eigenvalue weighted by atomic mass is 10.1. The third-order valence-corrected chi connectivity index (χ3v) is 4.90. The molecule has 0 saturated heterocycles. The topological polar surface area (TPSA) is 88.0 Å².